The van der Waals surface area contributed by atoms with Gasteiger partial charge in [0.25, 0.3) is 0 Å². The highest BCUT2D eigenvalue weighted by atomic mass is 16.5. The molecule has 5 nitrogen and oxygen atoms in total. The van der Waals surface area contributed by atoms with E-state index in [0.29, 0.717) is 6.42 Å². The molecule has 0 aromatic carbocycles. The molecule has 0 aromatic rings. The fraction of sp³-hybridized carbons (Fsp3) is 0.778. The van der Waals surface area contributed by atoms with Crippen molar-refractivity contribution in [1.82, 2.24) is 4.90 Å². The highest BCUT2D eigenvalue weighted by Gasteiger charge is 2.61. The fourth-order valence-electron chi connectivity index (χ4n) is 2.49. The van der Waals surface area contributed by atoms with Crippen molar-refractivity contribution in [3.8, 4) is 0 Å². The van der Waals surface area contributed by atoms with E-state index in [2.05, 4.69) is 4.74 Å². The lowest BCUT2D eigenvalue weighted by molar-refractivity contribution is -0.150. The third kappa shape index (κ3) is 0.987. The van der Waals surface area contributed by atoms with Gasteiger partial charge in [0.15, 0.2) is 0 Å². The van der Waals surface area contributed by atoms with Gasteiger partial charge >= 0.3 is 5.97 Å². The van der Waals surface area contributed by atoms with Crippen LogP contribution in [0.1, 0.15) is 13.3 Å². The van der Waals surface area contributed by atoms with Crippen molar-refractivity contribution >= 4 is 11.9 Å². The van der Waals surface area contributed by atoms with Crippen LogP contribution in [-0.4, -0.2) is 47.2 Å². The van der Waals surface area contributed by atoms with Gasteiger partial charge in [0.05, 0.1) is 19.3 Å². The van der Waals surface area contributed by atoms with Gasteiger partial charge in [-0.15, -0.1) is 0 Å². The molecule has 2 bridgehead atoms. The molecule has 5 heteroatoms. The highest BCUT2D eigenvalue weighted by Crippen LogP contribution is 2.46. The third-order valence-electron chi connectivity index (χ3n) is 3.22. The quantitative estimate of drug-likeness (QED) is 0.442. The first kappa shape index (κ1) is 9.45. The second-order valence-electron chi connectivity index (χ2n) is 3.85. The van der Waals surface area contributed by atoms with Gasteiger partial charge in [-0.05, 0) is 6.42 Å². The molecule has 1 amide bonds. The van der Waals surface area contributed by atoms with E-state index in [0.717, 1.165) is 0 Å². The molecular weight excluding hydrogens is 187 g/mol. The molecule has 0 aromatic heterocycles. The predicted octanol–water partition coefficient (Wildman–Crippen LogP) is -0.861. The topological polar surface area (TPSA) is 66.8 Å². The number of amides is 1. The van der Waals surface area contributed by atoms with E-state index in [9.17, 15) is 14.7 Å². The average molecular weight is 200 g/mol. The number of aliphatic hydroxyl groups is 1. The number of ether oxygens (including phenoxy) is 1. The summed E-state index contributed by atoms with van der Waals surface area (Å²) in [6.45, 7) is 1.41. The van der Waals surface area contributed by atoms with Crippen LogP contribution in [0.25, 0.3) is 0 Å². The van der Waals surface area contributed by atoms with Crippen molar-refractivity contribution < 1.29 is 19.4 Å². The zero-order valence-corrected chi connectivity index (χ0v) is 8.14. The van der Waals surface area contributed by atoms with Crippen LogP contribution in [0.2, 0.25) is 0 Å². The summed E-state index contributed by atoms with van der Waals surface area (Å²) in [6.07, 6.45) is 0.156. The zero-order valence-electron chi connectivity index (χ0n) is 8.14. The SMILES string of the molecule is COC(=O)[C@H]1[C@H]2C[C@H]([C@@H]2O)N1C([13CH3])=O. The number of rotatable bonds is 1. The molecule has 4 atom stereocenters. The van der Waals surface area contributed by atoms with Gasteiger partial charge in [0, 0.05) is 12.8 Å². The molecule has 3 fully saturated rings. The first-order chi connectivity index (χ1) is 6.57. The molecule has 2 saturated heterocycles. The summed E-state index contributed by atoms with van der Waals surface area (Å²) in [5, 5.41) is 9.58. The van der Waals surface area contributed by atoms with Crippen molar-refractivity contribution in [3.05, 3.63) is 0 Å². The molecule has 0 radical (unpaired) electrons. The summed E-state index contributed by atoms with van der Waals surface area (Å²) in [4.78, 5) is 24.1. The first-order valence-corrected chi connectivity index (χ1v) is 4.62. The number of hydrogen-bond acceptors (Lipinski definition) is 4. The molecule has 0 unspecified atom stereocenters. The lowest BCUT2D eigenvalue weighted by Crippen LogP contribution is -2.44. The van der Waals surface area contributed by atoms with Crippen LogP contribution >= 0.6 is 0 Å². The number of esters is 1. The van der Waals surface area contributed by atoms with E-state index >= 15 is 0 Å². The summed E-state index contributed by atoms with van der Waals surface area (Å²) >= 11 is 0. The van der Waals surface area contributed by atoms with Crippen molar-refractivity contribution in [1.29, 1.82) is 0 Å². The molecular formula is C9H13NO4. The van der Waals surface area contributed by atoms with Crippen LogP contribution in [-0.2, 0) is 14.3 Å². The van der Waals surface area contributed by atoms with Gasteiger partial charge < -0.3 is 14.7 Å². The Morgan fingerprint density at radius 1 is 1.50 bits per heavy atom. The minimum Gasteiger partial charge on any atom is -0.467 e. The Kier molecular flexibility index (Phi) is 1.99. The standard InChI is InChI=1S/C9H13NO4/c1-4(11)10-6-3-5(8(6)12)7(10)9(13)14-2/h5-8,12H,3H2,1-2H3/t5-,6-,7-,8-/m1/s1/i1+1. The van der Waals surface area contributed by atoms with Gasteiger partial charge in [0.1, 0.15) is 6.04 Å². The molecule has 1 aliphatic carbocycles. The maximum Gasteiger partial charge on any atom is 0.328 e. The van der Waals surface area contributed by atoms with Crippen LogP contribution in [0.4, 0.5) is 0 Å². The van der Waals surface area contributed by atoms with E-state index in [1.165, 1.54) is 18.9 Å². The van der Waals surface area contributed by atoms with Crippen LogP contribution in [0.15, 0.2) is 0 Å². The lowest BCUT2D eigenvalue weighted by atomic mass is 9.79. The Balaban J connectivity index is 2.23. The van der Waals surface area contributed by atoms with Gasteiger partial charge in [-0.2, -0.15) is 0 Å². The van der Waals surface area contributed by atoms with Crippen molar-refractivity contribution in [2.75, 3.05) is 7.11 Å². The van der Waals surface area contributed by atoms with E-state index < -0.39 is 18.1 Å². The summed E-state index contributed by atoms with van der Waals surface area (Å²) < 4.78 is 4.62. The molecule has 0 spiro atoms. The van der Waals surface area contributed by atoms with Gasteiger partial charge in [-0.3, -0.25) is 4.79 Å². The number of aliphatic hydroxyl groups excluding tert-OH is 1. The van der Waals surface area contributed by atoms with E-state index in [1.807, 2.05) is 0 Å². The zero-order chi connectivity index (χ0) is 10.5. The summed E-state index contributed by atoms with van der Waals surface area (Å²) in [6, 6.07) is -0.751. The summed E-state index contributed by atoms with van der Waals surface area (Å²) in [5.74, 6) is -0.731. The Hall–Kier alpha value is -1.10. The number of hydrogen-bond donors (Lipinski definition) is 1. The molecule has 3 rings (SSSR count). The normalized spacial score (nSPS) is 39.2. The minimum absolute atomic E-state index is 0.128. The van der Waals surface area contributed by atoms with Gasteiger partial charge in [-0.25, -0.2) is 4.79 Å². The molecule has 1 saturated carbocycles. The number of carbonyl (C=O) groups is 2. The average Bonchev–Trinajstić information content (AvgIpc) is 2.68. The number of nitrogens with zero attached hydrogens (tertiary/aromatic N) is 1. The maximum atomic E-state index is 11.4. The summed E-state index contributed by atoms with van der Waals surface area (Å²) in [5.41, 5.74) is 0. The van der Waals surface area contributed by atoms with Gasteiger partial charge in [-0.1, -0.05) is 0 Å². The van der Waals surface area contributed by atoms with Crippen molar-refractivity contribution in [2.45, 2.75) is 31.5 Å². The molecule has 2 heterocycles. The van der Waals surface area contributed by atoms with Crippen molar-refractivity contribution in [2.24, 2.45) is 5.92 Å². The lowest BCUT2D eigenvalue weighted by Gasteiger charge is -2.31. The monoisotopic (exact) mass is 200 g/mol. The Bertz CT molecular complexity index is 291. The number of methoxy groups -OCH3 is 1. The Morgan fingerprint density at radius 3 is 2.57 bits per heavy atom. The smallest absolute Gasteiger partial charge is 0.328 e. The van der Waals surface area contributed by atoms with E-state index in [1.54, 1.807) is 0 Å². The molecule has 14 heavy (non-hydrogen) atoms. The minimum atomic E-state index is -0.572. The number of carbonyl (C=O) groups excluding carboxylic acids is 2. The third-order valence-corrected chi connectivity index (χ3v) is 3.22. The van der Waals surface area contributed by atoms with E-state index in [4.69, 9.17) is 0 Å². The van der Waals surface area contributed by atoms with Crippen LogP contribution in [0, 0.1) is 5.92 Å². The van der Waals surface area contributed by atoms with Crippen LogP contribution < -0.4 is 0 Å². The van der Waals surface area contributed by atoms with Gasteiger partial charge in [0.2, 0.25) is 5.91 Å². The molecule has 1 N–H and O–H groups in total. The largest absolute Gasteiger partial charge is 0.467 e. The molecule has 78 valence electrons. The van der Waals surface area contributed by atoms with Crippen LogP contribution in [0.3, 0.4) is 0 Å². The predicted molar refractivity (Wildman–Crippen MR) is 46.2 cm³/mol. The first-order valence-electron chi connectivity index (χ1n) is 4.62. The van der Waals surface area contributed by atoms with E-state index in [-0.39, 0.29) is 17.9 Å². The fourth-order valence-corrected chi connectivity index (χ4v) is 2.49. The molecule has 2 aliphatic heterocycles. The highest BCUT2D eigenvalue weighted by molar-refractivity contribution is 5.86. The Morgan fingerprint density at radius 2 is 2.14 bits per heavy atom. The van der Waals surface area contributed by atoms with Crippen LogP contribution in [0.5, 0.6) is 0 Å². The second kappa shape index (κ2) is 2.95. The second-order valence-corrected chi connectivity index (χ2v) is 3.85. The maximum absolute atomic E-state index is 11.4. The molecule has 3 aliphatic rings. The number of fused-ring (bicyclic) bond motifs is 1. The summed E-state index contributed by atoms with van der Waals surface area (Å²) in [7, 11) is 1.29. The van der Waals surface area contributed by atoms with Crippen molar-refractivity contribution in [3.63, 3.8) is 0 Å². The Labute approximate surface area is 81.6 Å².